The van der Waals surface area contributed by atoms with Gasteiger partial charge in [0.25, 0.3) is 5.91 Å². The average molecular weight is 417 g/mol. The Morgan fingerprint density at radius 1 is 1.17 bits per heavy atom. The van der Waals surface area contributed by atoms with E-state index in [0.717, 1.165) is 25.0 Å². The van der Waals surface area contributed by atoms with E-state index in [9.17, 15) is 18.4 Å². The molecule has 1 unspecified atom stereocenters. The van der Waals surface area contributed by atoms with E-state index >= 15 is 0 Å². The van der Waals surface area contributed by atoms with Gasteiger partial charge in [-0.25, -0.2) is 18.6 Å². The topological polar surface area (TPSA) is 89.0 Å². The van der Waals surface area contributed by atoms with Crippen LogP contribution in [0.25, 0.3) is 0 Å². The largest absolute Gasteiger partial charge is 0.465 e. The number of benzene rings is 2. The quantitative estimate of drug-likeness (QED) is 0.443. The Balaban J connectivity index is 1.79. The van der Waals surface area contributed by atoms with Gasteiger partial charge in [-0.15, -0.1) is 0 Å². The summed E-state index contributed by atoms with van der Waals surface area (Å²) in [5.41, 5.74) is 0.728. The summed E-state index contributed by atoms with van der Waals surface area (Å²) in [6, 6.07) is 9.29. The molecule has 0 saturated carbocycles. The van der Waals surface area contributed by atoms with E-state index in [0.29, 0.717) is 24.4 Å². The zero-order chi connectivity index (χ0) is 21.5. The van der Waals surface area contributed by atoms with Gasteiger partial charge in [-0.3, -0.25) is 10.1 Å². The average Bonchev–Trinajstić information content (AvgIpc) is 3.27. The van der Waals surface area contributed by atoms with Gasteiger partial charge in [0, 0.05) is 17.9 Å². The van der Waals surface area contributed by atoms with Gasteiger partial charge in [0.1, 0.15) is 0 Å². The number of anilines is 1. The fraction of sp³-hybridized carbons (Fsp3) is 0.286. The van der Waals surface area contributed by atoms with Crippen LogP contribution in [0, 0.1) is 11.6 Å². The molecule has 158 valence electrons. The first-order valence-electron chi connectivity index (χ1n) is 9.34. The van der Waals surface area contributed by atoms with Crippen molar-refractivity contribution in [3.63, 3.8) is 0 Å². The summed E-state index contributed by atoms with van der Waals surface area (Å²) in [5, 5.41) is 5.49. The van der Waals surface area contributed by atoms with Crippen molar-refractivity contribution in [1.82, 2.24) is 5.32 Å². The maximum absolute atomic E-state index is 13.5. The van der Waals surface area contributed by atoms with Gasteiger partial charge >= 0.3 is 5.97 Å². The highest BCUT2D eigenvalue weighted by atomic mass is 19.2. The summed E-state index contributed by atoms with van der Waals surface area (Å²) in [4.78, 5) is 28.6. The molecule has 2 N–H and O–H groups in total. The first-order chi connectivity index (χ1) is 14.5. The van der Waals surface area contributed by atoms with Gasteiger partial charge in [-0.2, -0.15) is 0 Å². The third-order valence-corrected chi connectivity index (χ3v) is 4.44. The summed E-state index contributed by atoms with van der Waals surface area (Å²) in [6.07, 6.45) is 1.72. The standard InChI is InChI=1S/C21H21F2N3O4/c1-29-20(28)14-4-2-5-15(10-14)25-21(24-12-16-6-3-9-30-16)26-19(27)13-7-8-17(22)18(23)11-13/h2,4-5,7-8,10-11,16H,3,6,9,12H2,1H3,(H2,24,25,26,27). The van der Waals surface area contributed by atoms with Crippen LogP contribution >= 0.6 is 0 Å². The number of halogens is 2. The molecule has 30 heavy (non-hydrogen) atoms. The fourth-order valence-corrected chi connectivity index (χ4v) is 2.89. The molecular weight excluding hydrogens is 396 g/mol. The van der Waals surface area contributed by atoms with E-state index in [2.05, 4.69) is 15.6 Å². The molecule has 0 aromatic heterocycles. The molecule has 1 heterocycles. The molecule has 0 spiro atoms. The number of esters is 1. The fourth-order valence-electron chi connectivity index (χ4n) is 2.89. The molecular formula is C21H21F2N3O4. The maximum Gasteiger partial charge on any atom is 0.337 e. The monoisotopic (exact) mass is 417 g/mol. The number of hydrogen-bond acceptors (Lipinski definition) is 5. The van der Waals surface area contributed by atoms with Crippen LogP contribution in [0.3, 0.4) is 0 Å². The van der Waals surface area contributed by atoms with Gasteiger partial charge in [-0.1, -0.05) is 6.07 Å². The number of nitrogens with one attached hydrogen (secondary N) is 2. The summed E-state index contributed by atoms with van der Waals surface area (Å²) in [7, 11) is 1.28. The minimum atomic E-state index is -1.13. The van der Waals surface area contributed by atoms with Gasteiger partial charge in [0.2, 0.25) is 5.96 Å². The van der Waals surface area contributed by atoms with E-state index in [-0.39, 0.29) is 17.6 Å². The van der Waals surface area contributed by atoms with Crippen molar-refractivity contribution in [2.45, 2.75) is 18.9 Å². The number of rotatable bonds is 5. The number of ether oxygens (including phenoxy) is 2. The molecule has 2 aromatic carbocycles. The van der Waals surface area contributed by atoms with E-state index in [1.807, 2.05) is 0 Å². The summed E-state index contributed by atoms with van der Waals surface area (Å²) < 4.78 is 36.9. The van der Waals surface area contributed by atoms with Crippen LogP contribution in [-0.2, 0) is 9.47 Å². The molecule has 1 fully saturated rings. The SMILES string of the molecule is COC(=O)c1cccc(NC(=NCC2CCCO2)NC(=O)c2ccc(F)c(F)c2)c1. The third-order valence-electron chi connectivity index (χ3n) is 4.44. The molecule has 1 atom stereocenters. The van der Waals surface area contributed by atoms with Crippen molar-refractivity contribution in [3.8, 4) is 0 Å². The molecule has 0 aliphatic carbocycles. The smallest absolute Gasteiger partial charge is 0.337 e. The summed E-state index contributed by atoms with van der Waals surface area (Å²) in [5.74, 6) is -3.27. The number of aliphatic imine (C=N–C) groups is 1. The number of hydrogen-bond donors (Lipinski definition) is 2. The Morgan fingerprint density at radius 3 is 2.70 bits per heavy atom. The normalized spacial score (nSPS) is 16.2. The lowest BCUT2D eigenvalue weighted by Crippen LogP contribution is -2.37. The van der Waals surface area contributed by atoms with Crippen molar-refractivity contribution in [1.29, 1.82) is 0 Å². The van der Waals surface area contributed by atoms with E-state index < -0.39 is 23.5 Å². The highest BCUT2D eigenvalue weighted by Crippen LogP contribution is 2.14. The molecule has 2 aromatic rings. The van der Waals surface area contributed by atoms with Crippen LogP contribution in [0.2, 0.25) is 0 Å². The Labute approximate surface area is 172 Å². The summed E-state index contributed by atoms with van der Waals surface area (Å²) >= 11 is 0. The van der Waals surface area contributed by atoms with Crippen LogP contribution in [-0.4, -0.2) is 44.2 Å². The van der Waals surface area contributed by atoms with Crippen LogP contribution in [0.4, 0.5) is 14.5 Å². The molecule has 7 nitrogen and oxygen atoms in total. The lowest BCUT2D eigenvalue weighted by atomic mass is 10.2. The molecule has 1 saturated heterocycles. The first-order valence-corrected chi connectivity index (χ1v) is 9.34. The Bertz CT molecular complexity index is 959. The number of carbonyl (C=O) groups excluding carboxylic acids is 2. The van der Waals surface area contributed by atoms with Gasteiger partial charge in [0.05, 0.1) is 25.3 Å². The van der Waals surface area contributed by atoms with Crippen LogP contribution in [0.15, 0.2) is 47.5 Å². The Kier molecular flexibility index (Phi) is 7.08. The van der Waals surface area contributed by atoms with Crippen LogP contribution in [0.1, 0.15) is 33.6 Å². The van der Waals surface area contributed by atoms with Crippen LogP contribution < -0.4 is 10.6 Å². The minimum absolute atomic E-state index is 0.0659. The Hall–Kier alpha value is -3.33. The van der Waals surface area contributed by atoms with Crippen molar-refractivity contribution in [2.75, 3.05) is 25.6 Å². The highest BCUT2D eigenvalue weighted by molar-refractivity contribution is 6.10. The summed E-state index contributed by atoms with van der Waals surface area (Å²) in [6.45, 7) is 0.961. The van der Waals surface area contributed by atoms with Gasteiger partial charge < -0.3 is 14.8 Å². The minimum Gasteiger partial charge on any atom is -0.465 e. The third kappa shape index (κ3) is 5.60. The maximum atomic E-state index is 13.5. The molecule has 1 aliphatic rings. The molecule has 0 bridgehead atoms. The van der Waals surface area contributed by atoms with E-state index in [1.54, 1.807) is 18.2 Å². The predicted octanol–water partition coefficient (Wildman–Crippen LogP) is 3.13. The van der Waals surface area contributed by atoms with E-state index in [4.69, 9.17) is 9.47 Å². The highest BCUT2D eigenvalue weighted by Gasteiger charge is 2.17. The first kappa shape index (κ1) is 21.4. The van der Waals surface area contributed by atoms with Gasteiger partial charge in [0.15, 0.2) is 11.6 Å². The molecule has 1 aliphatic heterocycles. The Morgan fingerprint density at radius 2 is 2.00 bits per heavy atom. The van der Waals surface area contributed by atoms with E-state index in [1.165, 1.54) is 19.2 Å². The zero-order valence-electron chi connectivity index (χ0n) is 16.3. The van der Waals surface area contributed by atoms with Crippen LogP contribution in [0.5, 0.6) is 0 Å². The molecule has 3 rings (SSSR count). The van der Waals surface area contributed by atoms with Crippen molar-refractivity contribution in [3.05, 3.63) is 65.2 Å². The molecule has 9 heteroatoms. The zero-order valence-corrected chi connectivity index (χ0v) is 16.3. The number of amides is 1. The number of guanidine groups is 1. The lowest BCUT2D eigenvalue weighted by molar-refractivity contribution is 0.0600. The molecule has 0 radical (unpaired) electrons. The number of nitrogens with zero attached hydrogens (tertiary/aromatic N) is 1. The van der Waals surface area contributed by atoms with Crippen molar-refractivity contribution in [2.24, 2.45) is 4.99 Å². The molecule has 1 amide bonds. The van der Waals surface area contributed by atoms with Gasteiger partial charge in [-0.05, 0) is 49.2 Å². The second kappa shape index (κ2) is 9.93. The van der Waals surface area contributed by atoms with Crippen molar-refractivity contribution >= 4 is 23.5 Å². The second-order valence-electron chi connectivity index (χ2n) is 6.60. The second-order valence-corrected chi connectivity index (χ2v) is 6.60. The lowest BCUT2D eigenvalue weighted by Gasteiger charge is -2.14. The van der Waals surface area contributed by atoms with Crippen molar-refractivity contribution < 1.29 is 27.8 Å². The number of carbonyl (C=O) groups is 2. The predicted molar refractivity (Wildman–Crippen MR) is 107 cm³/mol. The number of methoxy groups -OCH3 is 1.